The Morgan fingerprint density at radius 2 is 1.53 bits per heavy atom. The lowest BCUT2D eigenvalue weighted by Crippen LogP contribution is -2.29. The standard InChI is InChI=1S/C40H32N4O/c41-24-39-40(31-14-6-9-17-38(31)45-39)42-25-43-34-15-7-4-12-29(34)32-22-26(18-20-35(32)43)27-19-21-37-33(23-27)30-13-5-8-16-36(30)44(37)28-10-2-1-3-11-28/h1-4,6-12,14-24,30,36,41-42H,5,13,25H2/t30-,36?/m1/s1. The maximum absolute atomic E-state index is 7.92. The van der Waals surface area contributed by atoms with Crippen molar-refractivity contribution in [1.82, 2.24) is 4.57 Å². The first kappa shape index (κ1) is 25.9. The molecule has 0 fully saturated rings. The SMILES string of the molecule is N=Cc1oc2ccccc2c1NCn1c2ccccc2c2cc(-c3ccc4c(c3)[C@H]3CCC=CC3N4c3ccccc3)ccc21. The van der Waals surface area contributed by atoms with Crippen LogP contribution >= 0.6 is 0 Å². The van der Waals surface area contributed by atoms with Gasteiger partial charge in [0.2, 0.25) is 0 Å². The maximum atomic E-state index is 7.92. The Morgan fingerprint density at radius 1 is 0.778 bits per heavy atom. The monoisotopic (exact) mass is 584 g/mol. The van der Waals surface area contributed by atoms with E-state index in [0.29, 0.717) is 24.4 Å². The van der Waals surface area contributed by atoms with Crippen molar-refractivity contribution in [3.63, 3.8) is 0 Å². The van der Waals surface area contributed by atoms with Crippen LogP contribution < -0.4 is 10.2 Å². The summed E-state index contributed by atoms with van der Waals surface area (Å²) < 4.78 is 8.26. The average molecular weight is 585 g/mol. The van der Waals surface area contributed by atoms with Gasteiger partial charge in [-0.25, -0.2) is 0 Å². The van der Waals surface area contributed by atoms with Gasteiger partial charge in [0.15, 0.2) is 5.76 Å². The van der Waals surface area contributed by atoms with Crippen LogP contribution in [0.15, 0.2) is 132 Å². The molecule has 5 aromatic carbocycles. The summed E-state index contributed by atoms with van der Waals surface area (Å²) in [5.41, 5.74) is 10.5. The summed E-state index contributed by atoms with van der Waals surface area (Å²) >= 11 is 0. The predicted molar refractivity (Wildman–Crippen MR) is 186 cm³/mol. The quantitative estimate of drug-likeness (QED) is 0.151. The molecule has 2 aliphatic rings. The fourth-order valence-corrected chi connectivity index (χ4v) is 7.64. The van der Waals surface area contributed by atoms with Crippen molar-refractivity contribution in [2.24, 2.45) is 0 Å². The summed E-state index contributed by atoms with van der Waals surface area (Å²) in [5, 5.41) is 15.0. The van der Waals surface area contributed by atoms with Crippen molar-refractivity contribution in [2.75, 3.05) is 10.2 Å². The van der Waals surface area contributed by atoms with Crippen molar-refractivity contribution in [1.29, 1.82) is 5.41 Å². The molecule has 45 heavy (non-hydrogen) atoms. The molecular weight excluding hydrogens is 552 g/mol. The molecule has 2 aromatic heterocycles. The van der Waals surface area contributed by atoms with Gasteiger partial charge in [0, 0.05) is 33.5 Å². The summed E-state index contributed by atoms with van der Waals surface area (Å²) in [5.74, 6) is 1.03. The first-order valence-electron chi connectivity index (χ1n) is 15.7. The molecule has 218 valence electrons. The van der Waals surface area contributed by atoms with Gasteiger partial charge >= 0.3 is 0 Å². The molecule has 0 bridgehead atoms. The van der Waals surface area contributed by atoms with E-state index in [1.54, 1.807) is 0 Å². The molecule has 0 amide bonds. The number of hydrogen-bond acceptors (Lipinski definition) is 4. The van der Waals surface area contributed by atoms with Crippen LogP contribution in [0.25, 0.3) is 43.9 Å². The number of allylic oxidation sites excluding steroid dienone is 1. The smallest absolute Gasteiger partial charge is 0.168 e. The van der Waals surface area contributed by atoms with Crippen LogP contribution in [0.2, 0.25) is 0 Å². The van der Waals surface area contributed by atoms with E-state index >= 15 is 0 Å². The summed E-state index contributed by atoms with van der Waals surface area (Å²) in [7, 11) is 0. The van der Waals surface area contributed by atoms with Gasteiger partial charge in [0.05, 0.1) is 35.6 Å². The molecule has 0 radical (unpaired) electrons. The summed E-state index contributed by atoms with van der Waals surface area (Å²) in [6.45, 7) is 0.554. The van der Waals surface area contributed by atoms with Crippen molar-refractivity contribution < 1.29 is 4.42 Å². The molecule has 7 aromatic rings. The van der Waals surface area contributed by atoms with E-state index in [-0.39, 0.29) is 0 Å². The first-order valence-corrected chi connectivity index (χ1v) is 15.7. The number of aromatic nitrogens is 1. The number of anilines is 3. The van der Waals surface area contributed by atoms with Gasteiger partial charge in [-0.15, -0.1) is 0 Å². The molecule has 5 nitrogen and oxygen atoms in total. The molecule has 0 saturated heterocycles. The highest BCUT2D eigenvalue weighted by Crippen LogP contribution is 2.50. The Morgan fingerprint density at radius 3 is 2.42 bits per heavy atom. The Balaban J connectivity index is 1.12. The van der Waals surface area contributed by atoms with Crippen LogP contribution in [0.3, 0.4) is 0 Å². The lowest BCUT2D eigenvalue weighted by atomic mass is 9.85. The second-order valence-electron chi connectivity index (χ2n) is 12.1. The van der Waals surface area contributed by atoms with E-state index in [2.05, 4.69) is 118 Å². The van der Waals surface area contributed by atoms with E-state index in [1.807, 2.05) is 24.3 Å². The van der Waals surface area contributed by atoms with Gasteiger partial charge in [-0.2, -0.15) is 0 Å². The Bertz CT molecular complexity index is 2280. The third-order valence-corrected chi connectivity index (χ3v) is 9.68. The number of nitrogens with zero attached hydrogens (tertiary/aromatic N) is 2. The van der Waals surface area contributed by atoms with E-state index in [9.17, 15) is 0 Å². The lowest BCUT2D eigenvalue weighted by molar-refractivity contribution is 0.573. The molecule has 9 rings (SSSR count). The molecule has 5 heteroatoms. The van der Waals surface area contributed by atoms with Crippen molar-refractivity contribution in [3.8, 4) is 11.1 Å². The molecule has 0 spiro atoms. The van der Waals surface area contributed by atoms with E-state index < -0.39 is 0 Å². The summed E-state index contributed by atoms with van der Waals surface area (Å²) in [6.07, 6.45) is 8.34. The zero-order chi connectivity index (χ0) is 29.9. The number of benzene rings is 5. The van der Waals surface area contributed by atoms with Crippen LogP contribution in [0.4, 0.5) is 17.1 Å². The molecule has 1 aliphatic heterocycles. The molecule has 3 heterocycles. The maximum Gasteiger partial charge on any atom is 0.168 e. The van der Waals surface area contributed by atoms with Crippen LogP contribution in [0.1, 0.15) is 30.1 Å². The Kier molecular flexibility index (Phi) is 5.91. The number of furan rings is 1. The van der Waals surface area contributed by atoms with E-state index in [0.717, 1.165) is 23.1 Å². The van der Waals surface area contributed by atoms with Gasteiger partial charge < -0.3 is 24.6 Å². The number of rotatable bonds is 6. The molecular formula is C40H32N4O. The second kappa shape index (κ2) is 10.3. The van der Waals surface area contributed by atoms with E-state index in [1.165, 1.54) is 62.5 Å². The number of fused-ring (bicyclic) bond motifs is 7. The van der Waals surface area contributed by atoms with Gasteiger partial charge in [0.25, 0.3) is 0 Å². The van der Waals surface area contributed by atoms with Gasteiger partial charge in [-0.1, -0.05) is 72.8 Å². The number of hydrogen-bond donors (Lipinski definition) is 2. The van der Waals surface area contributed by atoms with Crippen LogP contribution in [-0.4, -0.2) is 16.8 Å². The Labute approximate surface area is 261 Å². The fourth-order valence-electron chi connectivity index (χ4n) is 7.64. The van der Waals surface area contributed by atoms with Gasteiger partial charge in [-0.3, -0.25) is 0 Å². The second-order valence-corrected chi connectivity index (χ2v) is 12.1. The third-order valence-electron chi connectivity index (χ3n) is 9.68. The molecule has 2 atom stereocenters. The summed E-state index contributed by atoms with van der Waals surface area (Å²) in [4.78, 5) is 2.52. The minimum Gasteiger partial charge on any atom is -0.453 e. The predicted octanol–water partition coefficient (Wildman–Crippen LogP) is 10.2. The topological polar surface area (TPSA) is 57.2 Å². The van der Waals surface area contributed by atoms with Crippen molar-refractivity contribution in [3.05, 3.63) is 139 Å². The lowest BCUT2D eigenvalue weighted by Gasteiger charge is -2.30. The minimum atomic E-state index is 0.361. The van der Waals surface area contributed by atoms with Crippen LogP contribution in [0.5, 0.6) is 0 Å². The third kappa shape index (κ3) is 4.04. The highest BCUT2D eigenvalue weighted by Gasteiger charge is 2.38. The van der Waals surface area contributed by atoms with Crippen LogP contribution in [-0.2, 0) is 6.67 Å². The number of nitrogens with one attached hydrogen (secondary N) is 2. The molecule has 1 aliphatic carbocycles. The molecule has 2 N–H and O–H groups in total. The van der Waals surface area contributed by atoms with Crippen molar-refractivity contribution >= 4 is 56.1 Å². The minimum absolute atomic E-state index is 0.361. The molecule has 1 unspecified atom stereocenters. The van der Waals surface area contributed by atoms with Crippen molar-refractivity contribution in [2.45, 2.75) is 31.5 Å². The highest BCUT2D eigenvalue weighted by molar-refractivity contribution is 6.09. The van der Waals surface area contributed by atoms with Gasteiger partial charge in [-0.05, 0) is 84.1 Å². The van der Waals surface area contributed by atoms with E-state index in [4.69, 9.17) is 9.83 Å². The Hall–Kier alpha value is -5.55. The zero-order valence-corrected chi connectivity index (χ0v) is 24.8. The largest absolute Gasteiger partial charge is 0.453 e. The normalized spacial score (nSPS) is 17.2. The number of para-hydroxylation sites is 3. The average Bonchev–Trinajstić information content (AvgIpc) is 3.74. The zero-order valence-electron chi connectivity index (χ0n) is 24.8. The first-order chi connectivity index (χ1) is 22.3. The fraction of sp³-hybridized carbons (Fsp3) is 0.125. The molecule has 0 saturated carbocycles. The van der Waals surface area contributed by atoms with Gasteiger partial charge in [0.1, 0.15) is 5.58 Å². The summed E-state index contributed by atoms with van der Waals surface area (Å²) in [6, 6.07) is 41.7. The highest BCUT2D eigenvalue weighted by atomic mass is 16.3. The van der Waals surface area contributed by atoms with Crippen LogP contribution in [0, 0.1) is 5.41 Å².